The van der Waals surface area contributed by atoms with Gasteiger partial charge >= 0.3 is 0 Å². The zero-order valence-electron chi connectivity index (χ0n) is 29.9. The fourth-order valence-corrected chi connectivity index (χ4v) is 8.61. The van der Waals surface area contributed by atoms with Crippen molar-refractivity contribution in [3.63, 3.8) is 0 Å². The van der Waals surface area contributed by atoms with Gasteiger partial charge in [-0.25, -0.2) is 0 Å². The van der Waals surface area contributed by atoms with Crippen molar-refractivity contribution >= 4 is 38.9 Å². The number of hydrogen-bond acceptors (Lipinski definition) is 1. The van der Waals surface area contributed by atoms with Crippen molar-refractivity contribution in [2.75, 3.05) is 4.90 Å². The van der Waals surface area contributed by atoms with Crippen LogP contribution in [0.15, 0.2) is 194 Å². The summed E-state index contributed by atoms with van der Waals surface area (Å²) in [6.45, 7) is 4.75. The minimum absolute atomic E-state index is 0.161. The van der Waals surface area contributed by atoms with Crippen molar-refractivity contribution < 1.29 is 0 Å². The van der Waals surface area contributed by atoms with Crippen molar-refractivity contribution in [1.82, 2.24) is 4.57 Å². The fraction of sp³-hybridized carbons (Fsp3) is 0.0588. The molecule has 0 saturated heterocycles. The van der Waals surface area contributed by atoms with Crippen LogP contribution in [0.5, 0.6) is 0 Å². The Hall–Kier alpha value is -6.64. The Kier molecular flexibility index (Phi) is 7.19. The van der Waals surface area contributed by atoms with Crippen LogP contribution in [0.4, 0.5) is 17.1 Å². The molecule has 252 valence electrons. The number of fused-ring (bicyclic) bond motifs is 6. The van der Waals surface area contributed by atoms with Gasteiger partial charge in [0.2, 0.25) is 0 Å². The maximum atomic E-state index is 2.43. The number of benzene rings is 8. The molecule has 0 bridgehead atoms. The summed E-state index contributed by atoms with van der Waals surface area (Å²) in [5, 5.41) is 2.48. The molecule has 0 radical (unpaired) electrons. The summed E-state index contributed by atoms with van der Waals surface area (Å²) in [5.74, 6) is 0. The second-order valence-electron chi connectivity index (χ2n) is 14.6. The van der Waals surface area contributed by atoms with Crippen LogP contribution >= 0.6 is 0 Å². The molecule has 9 aromatic rings. The second kappa shape index (κ2) is 12.3. The SMILES string of the molecule is CC1(C)c2cc(-c3ccccc3)ccc2-c2ccc(N(c3ccccc3)c3ccc4c(c3)c3c(-c5ccccc5)cccc3n4-c3ccccc3)cc21. The minimum Gasteiger partial charge on any atom is -0.310 e. The molecule has 0 spiro atoms. The molecule has 53 heavy (non-hydrogen) atoms. The van der Waals surface area contributed by atoms with Crippen LogP contribution in [0, 0.1) is 0 Å². The van der Waals surface area contributed by atoms with E-state index in [4.69, 9.17) is 0 Å². The number of aromatic nitrogens is 1. The zero-order valence-corrected chi connectivity index (χ0v) is 29.9. The Labute approximate surface area is 310 Å². The smallest absolute Gasteiger partial charge is 0.0547 e. The zero-order chi connectivity index (χ0) is 35.5. The van der Waals surface area contributed by atoms with Crippen molar-refractivity contribution in [1.29, 1.82) is 0 Å². The molecular formula is C51H38N2. The first-order valence-corrected chi connectivity index (χ1v) is 18.4. The first-order chi connectivity index (χ1) is 26.1. The number of nitrogens with zero attached hydrogens (tertiary/aromatic N) is 2. The van der Waals surface area contributed by atoms with Crippen molar-refractivity contribution in [2.45, 2.75) is 19.3 Å². The summed E-state index contributed by atoms with van der Waals surface area (Å²) in [6, 6.07) is 70.8. The van der Waals surface area contributed by atoms with Crippen LogP contribution in [-0.4, -0.2) is 4.57 Å². The molecular weight excluding hydrogens is 641 g/mol. The lowest BCUT2D eigenvalue weighted by molar-refractivity contribution is 0.660. The van der Waals surface area contributed by atoms with Crippen LogP contribution < -0.4 is 4.90 Å². The average molecular weight is 679 g/mol. The summed E-state index contributed by atoms with van der Waals surface area (Å²) in [7, 11) is 0. The highest BCUT2D eigenvalue weighted by Crippen LogP contribution is 2.52. The summed E-state index contributed by atoms with van der Waals surface area (Å²) < 4.78 is 2.41. The molecule has 0 atom stereocenters. The Bertz CT molecular complexity index is 2780. The molecule has 0 N–H and O–H groups in total. The highest BCUT2D eigenvalue weighted by atomic mass is 15.1. The van der Waals surface area contributed by atoms with Gasteiger partial charge in [-0.2, -0.15) is 0 Å². The van der Waals surface area contributed by atoms with Crippen LogP contribution in [-0.2, 0) is 5.41 Å². The maximum Gasteiger partial charge on any atom is 0.0547 e. The molecule has 0 amide bonds. The summed E-state index contributed by atoms with van der Waals surface area (Å²) in [5.41, 5.74) is 17.1. The predicted molar refractivity (Wildman–Crippen MR) is 224 cm³/mol. The summed E-state index contributed by atoms with van der Waals surface area (Å²) >= 11 is 0. The number of anilines is 3. The van der Waals surface area contributed by atoms with Gasteiger partial charge in [0.15, 0.2) is 0 Å². The van der Waals surface area contributed by atoms with Gasteiger partial charge < -0.3 is 9.47 Å². The lowest BCUT2D eigenvalue weighted by Crippen LogP contribution is -2.16. The van der Waals surface area contributed by atoms with Gasteiger partial charge in [0.1, 0.15) is 0 Å². The van der Waals surface area contributed by atoms with E-state index in [-0.39, 0.29) is 5.41 Å². The van der Waals surface area contributed by atoms with Gasteiger partial charge in [0.05, 0.1) is 11.0 Å². The largest absolute Gasteiger partial charge is 0.310 e. The van der Waals surface area contributed by atoms with Crippen LogP contribution in [0.3, 0.4) is 0 Å². The summed E-state index contributed by atoms with van der Waals surface area (Å²) in [6.07, 6.45) is 0. The van der Waals surface area contributed by atoms with Gasteiger partial charge in [0.25, 0.3) is 0 Å². The molecule has 0 fully saturated rings. The third-order valence-electron chi connectivity index (χ3n) is 11.2. The quantitative estimate of drug-likeness (QED) is 0.170. The van der Waals surface area contributed by atoms with E-state index < -0.39 is 0 Å². The predicted octanol–water partition coefficient (Wildman–Crippen LogP) is 13.9. The highest BCUT2D eigenvalue weighted by Gasteiger charge is 2.36. The second-order valence-corrected chi connectivity index (χ2v) is 14.6. The number of hydrogen-bond donors (Lipinski definition) is 0. The van der Waals surface area contributed by atoms with E-state index in [1.165, 1.54) is 66.3 Å². The number of para-hydroxylation sites is 2. The normalized spacial score (nSPS) is 12.9. The van der Waals surface area contributed by atoms with Crippen LogP contribution in [0.25, 0.3) is 60.9 Å². The van der Waals surface area contributed by atoms with Crippen LogP contribution in [0.2, 0.25) is 0 Å². The van der Waals surface area contributed by atoms with Gasteiger partial charge in [-0.1, -0.05) is 141 Å². The van der Waals surface area contributed by atoms with E-state index in [1.807, 2.05) is 0 Å². The van der Waals surface area contributed by atoms with E-state index in [9.17, 15) is 0 Å². The minimum atomic E-state index is -0.161. The topological polar surface area (TPSA) is 8.17 Å². The molecule has 8 aromatic carbocycles. The molecule has 1 aromatic heterocycles. The molecule has 10 rings (SSSR count). The Morgan fingerprint density at radius 3 is 1.70 bits per heavy atom. The maximum absolute atomic E-state index is 2.43. The third-order valence-corrected chi connectivity index (χ3v) is 11.2. The lowest BCUT2D eigenvalue weighted by Gasteiger charge is -2.28. The fourth-order valence-electron chi connectivity index (χ4n) is 8.61. The van der Waals surface area contributed by atoms with Gasteiger partial charge in [0, 0.05) is 38.9 Å². The lowest BCUT2D eigenvalue weighted by atomic mass is 9.81. The molecule has 0 aliphatic heterocycles. The van der Waals surface area contributed by atoms with Crippen molar-refractivity contribution in [3.05, 3.63) is 205 Å². The Morgan fingerprint density at radius 1 is 0.396 bits per heavy atom. The molecule has 1 aliphatic rings. The van der Waals surface area contributed by atoms with Crippen molar-refractivity contribution in [2.24, 2.45) is 0 Å². The van der Waals surface area contributed by atoms with E-state index in [0.29, 0.717) is 0 Å². The highest BCUT2D eigenvalue weighted by molar-refractivity contribution is 6.16. The molecule has 1 aliphatic carbocycles. The van der Waals surface area contributed by atoms with Gasteiger partial charge in [-0.15, -0.1) is 0 Å². The summed E-state index contributed by atoms with van der Waals surface area (Å²) in [4.78, 5) is 2.42. The standard InChI is InChI=1S/C51H38N2/c1-51(2)46-32-37(35-16-7-3-8-17-35)26-29-43(46)44-30-27-41(34-47(44)51)52(38-20-11-5-12-21-38)40-28-31-48-45(33-40)50-42(36-18-9-4-10-19-36)24-15-25-49(50)53(48)39-22-13-6-14-23-39/h3-34H,1-2H3. The monoisotopic (exact) mass is 678 g/mol. The molecule has 2 heteroatoms. The van der Waals surface area contributed by atoms with E-state index in [0.717, 1.165) is 22.7 Å². The Balaban J connectivity index is 1.17. The Morgan fingerprint density at radius 2 is 0.981 bits per heavy atom. The molecule has 0 saturated carbocycles. The first-order valence-electron chi connectivity index (χ1n) is 18.4. The molecule has 1 heterocycles. The van der Waals surface area contributed by atoms with Crippen molar-refractivity contribution in [3.8, 4) is 39.1 Å². The van der Waals surface area contributed by atoms with Crippen LogP contribution in [0.1, 0.15) is 25.0 Å². The van der Waals surface area contributed by atoms with Gasteiger partial charge in [-0.3, -0.25) is 0 Å². The van der Waals surface area contributed by atoms with E-state index >= 15 is 0 Å². The number of rotatable bonds is 6. The van der Waals surface area contributed by atoms with Gasteiger partial charge in [-0.05, 0) is 111 Å². The van der Waals surface area contributed by atoms with E-state index in [1.54, 1.807) is 0 Å². The third kappa shape index (κ3) is 5.02. The first kappa shape index (κ1) is 31.1. The molecule has 2 nitrogen and oxygen atoms in total. The average Bonchev–Trinajstić information content (AvgIpc) is 3.67. The van der Waals surface area contributed by atoms with E-state index in [2.05, 4.69) is 217 Å². The molecule has 0 unspecified atom stereocenters.